The second kappa shape index (κ2) is 10.8. The molecule has 1 atom stereocenters. The molecule has 1 aliphatic heterocycles. The van der Waals surface area contributed by atoms with Crippen molar-refractivity contribution in [2.75, 3.05) is 0 Å². The Hall–Kier alpha value is -1.62. The molecule has 1 fully saturated rings. The predicted molar refractivity (Wildman–Crippen MR) is 146 cm³/mol. The minimum atomic E-state index is -1.99. The van der Waals surface area contributed by atoms with Crippen molar-refractivity contribution in [1.29, 1.82) is 0 Å². The van der Waals surface area contributed by atoms with Gasteiger partial charge in [0.2, 0.25) is 0 Å². The van der Waals surface area contributed by atoms with Gasteiger partial charge in [-0.05, 0) is 51.6 Å². The van der Waals surface area contributed by atoms with E-state index in [0.29, 0.717) is 5.92 Å². The zero-order valence-corrected chi connectivity index (χ0v) is 22.7. The van der Waals surface area contributed by atoms with Gasteiger partial charge in [0, 0.05) is 0 Å². The van der Waals surface area contributed by atoms with Crippen LogP contribution in [0.15, 0.2) is 72.7 Å². The Balaban J connectivity index is 1.92. The Morgan fingerprint density at radius 1 is 0.848 bits per heavy atom. The zero-order valence-electron chi connectivity index (χ0n) is 21.7. The van der Waals surface area contributed by atoms with E-state index < -0.39 is 8.07 Å². The average Bonchev–Trinajstić information content (AvgIpc) is 3.03. The van der Waals surface area contributed by atoms with Crippen LogP contribution in [0.5, 0.6) is 0 Å². The summed E-state index contributed by atoms with van der Waals surface area (Å²) in [4.78, 5) is 0. The fraction of sp³-hybridized carbons (Fsp3) is 0.517. The number of benzene rings is 2. The van der Waals surface area contributed by atoms with Gasteiger partial charge in [0.1, 0.15) is 8.07 Å². The van der Waals surface area contributed by atoms with Crippen LogP contribution in [-0.2, 0) is 9.31 Å². The first-order valence-corrected chi connectivity index (χ1v) is 15.5. The highest BCUT2D eigenvalue weighted by Crippen LogP contribution is 2.41. The van der Waals surface area contributed by atoms with Gasteiger partial charge in [-0.2, -0.15) is 0 Å². The molecule has 2 aromatic carbocycles. The molecule has 2 aromatic rings. The number of unbranched alkanes of at least 4 members (excludes halogenated alkanes) is 3. The summed E-state index contributed by atoms with van der Waals surface area (Å²) in [5.74, 6) is 0.369. The summed E-state index contributed by atoms with van der Waals surface area (Å²) in [6.45, 7) is 17.9. The minimum absolute atomic E-state index is 0.337. The molecule has 0 unspecified atom stereocenters. The quantitative estimate of drug-likeness (QED) is 0.275. The van der Waals surface area contributed by atoms with Crippen LogP contribution in [0.2, 0.25) is 12.6 Å². The standard InChI is InChI=1S/C29H43BO2Si/c1-8-9-10-13-18-25(24(2)30-31-28(3,4)29(5,6)32-30)23-33(7,26-19-14-11-15-20-26)27-21-16-12-17-22-27/h11-12,14-17,19-22,25H,2,8-10,13,18,23H2,1,3-7H3/t25-/m1/s1. The van der Waals surface area contributed by atoms with Crippen molar-refractivity contribution >= 4 is 25.6 Å². The molecule has 178 valence electrons. The van der Waals surface area contributed by atoms with Crippen molar-refractivity contribution in [2.24, 2.45) is 5.92 Å². The van der Waals surface area contributed by atoms with Crippen LogP contribution >= 0.6 is 0 Å². The number of allylic oxidation sites excluding steroid dienone is 1. The Labute approximate surface area is 203 Å². The molecule has 0 radical (unpaired) electrons. The molecule has 0 aromatic heterocycles. The largest absolute Gasteiger partial charge is 0.490 e. The average molecular weight is 463 g/mol. The lowest BCUT2D eigenvalue weighted by Crippen LogP contribution is -2.57. The molecule has 1 aliphatic rings. The van der Waals surface area contributed by atoms with Crippen molar-refractivity contribution < 1.29 is 9.31 Å². The molecule has 0 saturated carbocycles. The first kappa shape index (κ1) is 26.0. The normalized spacial score (nSPS) is 18.3. The van der Waals surface area contributed by atoms with Crippen molar-refractivity contribution in [2.45, 2.75) is 90.5 Å². The maximum Gasteiger partial charge on any atom is 0.490 e. The molecule has 0 N–H and O–H groups in total. The van der Waals surface area contributed by atoms with Crippen LogP contribution in [0.3, 0.4) is 0 Å². The lowest BCUT2D eigenvalue weighted by atomic mass is 9.71. The predicted octanol–water partition coefficient (Wildman–Crippen LogP) is 6.65. The van der Waals surface area contributed by atoms with E-state index in [9.17, 15) is 0 Å². The molecular weight excluding hydrogens is 419 g/mol. The van der Waals surface area contributed by atoms with Gasteiger partial charge in [0.15, 0.2) is 0 Å². The van der Waals surface area contributed by atoms with E-state index in [4.69, 9.17) is 9.31 Å². The maximum absolute atomic E-state index is 6.45. The fourth-order valence-electron chi connectivity index (χ4n) is 4.93. The van der Waals surface area contributed by atoms with Gasteiger partial charge in [0.05, 0.1) is 11.2 Å². The highest BCUT2D eigenvalue weighted by molar-refractivity contribution is 7.01. The Morgan fingerprint density at radius 2 is 1.33 bits per heavy atom. The molecular formula is C29H43BO2Si. The van der Waals surface area contributed by atoms with Crippen LogP contribution in [0.1, 0.15) is 66.7 Å². The van der Waals surface area contributed by atoms with Gasteiger partial charge in [0.25, 0.3) is 0 Å². The van der Waals surface area contributed by atoms with E-state index in [1.165, 1.54) is 36.1 Å². The monoisotopic (exact) mass is 462 g/mol. The van der Waals surface area contributed by atoms with Gasteiger partial charge in [-0.3, -0.25) is 0 Å². The summed E-state index contributed by atoms with van der Waals surface area (Å²) in [5.41, 5.74) is 0.440. The first-order chi connectivity index (χ1) is 15.6. The number of hydrogen-bond donors (Lipinski definition) is 0. The van der Waals surface area contributed by atoms with E-state index >= 15 is 0 Å². The Morgan fingerprint density at radius 3 is 1.79 bits per heavy atom. The van der Waals surface area contributed by atoms with Gasteiger partial charge < -0.3 is 9.31 Å². The van der Waals surface area contributed by atoms with Crippen LogP contribution in [0.4, 0.5) is 0 Å². The van der Waals surface area contributed by atoms with Gasteiger partial charge in [-0.1, -0.05) is 110 Å². The molecule has 1 saturated heterocycles. The highest BCUT2D eigenvalue weighted by Gasteiger charge is 2.53. The topological polar surface area (TPSA) is 18.5 Å². The summed E-state index contributed by atoms with van der Waals surface area (Å²) >= 11 is 0. The van der Waals surface area contributed by atoms with E-state index in [0.717, 1.165) is 17.9 Å². The Bertz CT molecular complexity index is 839. The van der Waals surface area contributed by atoms with Crippen molar-refractivity contribution in [3.05, 3.63) is 72.7 Å². The van der Waals surface area contributed by atoms with E-state index in [-0.39, 0.29) is 18.3 Å². The minimum Gasteiger partial charge on any atom is -0.400 e. The second-order valence-electron chi connectivity index (χ2n) is 11.0. The maximum atomic E-state index is 6.45. The van der Waals surface area contributed by atoms with Crippen LogP contribution in [-0.4, -0.2) is 26.4 Å². The second-order valence-corrected chi connectivity index (χ2v) is 15.2. The molecule has 0 aliphatic carbocycles. The lowest BCUT2D eigenvalue weighted by Gasteiger charge is -2.34. The number of hydrogen-bond acceptors (Lipinski definition) is 2. The molecule has 3 rings (SSSR count). The summed E-state index contributed by atoms with van der Waals surface area (Å²) in [5, 5.41) is 2.97. The van der Waals surface area contributed by atoms with E-state index in [1.54, 1.807) is 0 Å². The molecule has 1 heterocycles. The Kier molecular flexibility index (Phi) is 8.47. The van der Waals surface area contributed by atoms with Crippen LogP contribution in [0, 0.1) is 5.92 Å². The van der Waals surface area contributed by atoms with Gasteiger partial charge in [-0.15, -0.1) is 6.58 Å². The third-order valence-corrected chi connectivity index (χ3v) is 12.5. The molecule has 33 heavy (non-hydrogen) atoms. The SMILES string of the molecule is C=C(B1OC(C)(C)C(C)(C)O1)[C@H](CCCCCC)C[Si](C)(c1ccccc1)c1ccccc1. The molecule has 2 nitrogen and oxygen atoms in total. The first-order valence-electron chi connectivity index (χ1n) is 12.8. The van der Waals surface area contributed by atoms with Crippen molar-refractivity contribution in [1.82, 2.24) is 0 Å². The third kappa shape index (κ3) is 5.90. The van der Waals surface area contributed by atoms with Crippen LogP contribution < -0.4 is 10.4 Å². The van der Waals surface area contributed by atoms with Crippen molar-refractivity contribution in [3.63, 3.8) is 0 Å². The summed E-state index contributed by atoms with van der Waals surface area (Å²) in [6.07, 6.45) is 6.19. The van der Waals surface area contributed by atoms with E-state index in [1.807, 2.05) is 0 Å². The van der Waals surface area contributed by atoms with Crippen LogP contribution in [0.25, 0.3) is 0 Å². The molecule has 0 amide bonds. The smallest absolute Gasteiger partial charge is 0.400 e. The highest BCUT2D eigenvalue weighted by atomic mass is 28.3. The summed E-state index contributed by atoms with van der Waals surface area (Å²) < 4.78 is 12.9. The molecule has 0 bridgehead atoms. The lowest BCUT2D eigenvalue weighted by molar-refractivity contribution is 0.00578. The number of rotatable bonds is 11. The summed E-state index contributed by atoms with van der Waals surface area (Å²) in [7, 11) is -2.33. The summed E-state index contributed by atoms with van der Waals surface area (Å²) in [6, 6.07) is 23.4. The van der Waals surface area contributed by atoms with Crippen molar-refractivity contribution in [3.8, 4) is 0 Å². The van der Waals surface area contributed by atoms with Gasteiger partial charge >= 0.3 is 7.12 Å². The zero-order chi connectivity index (χ0) is 24.1. The molecule has 4 heteroatoms. The molecule has 0 spiro atoms. The fourth-order valence-corrected chi connectivity index (χ4v) is 9.04. The third-order valence-electron chi connectivity index (χ3n) is 7.96. The van der Waals surface area contributed by atoms with Gasteiger partial charge in [-0.25, -0.2) is 0 Å². The van der Waals surface area contributed by atoms with E-state index in [2.05, 4.69) is 108 Å².